The molecule has 1 heteroatoms. The molecule has 1 aliphatic rings. The Balaban J connectivity index is 1.93. The first kappa shape index (κ1) is 11.0. The Bertz CT molecular complexity index is 122. The topological polar surface area (TPSA) is 12.0 Å². The summed E-state index contributed by atoms with van der Waals surface area (Å²) in [6.07, 6.45) is 9.90. The molecule has 1 rings (SSSR count). The van der Waals surface area contributed by atoms with Gasteiger partial charge in [-0.2, -0.15) is 0 Å². The van der Waals surface area contributed by atoms with Gasteiger partial charge in [0, 0.05) is 6.04 Å². The lowest BCUT2D eigenvalue weighted by molar-refractivity contribution is 0.430. The van der Waals surface area contributed by atoms with Crippen molar-refractivity contribution in [1.29, 1.82) is 0 Å². The summed E-state index contributed by atoms with van der Waals surface area (Å²) in [6.45, 7) is 5.91. The van der Waals surface area contributed by atoms with Crippen LogP contribution >= 0.6 is 0 Å². The van der Waals surface area contributed by atoms with Crippen LogP contribution in [0.15, 0.2) is 0 Å². The van der Waals surface area contributed by atoms with Crippen molar-refractivity contribution in [3.8, 4) is 0 Å². The van der Waals surface area contributed by atoms with Crippen LogP contribution in [-0.4, -0.2) is 12.6 Å². The van der Waals surface area contributed by atoms with Crippen LogP contribution in [0.1, 0.15) is 58.8 Å². The van der Waals surface area contributed by atoms with E-state index in [1.54, 1.807) is 0 Å². The average molecular weight is 183 g/mol. The monoisotopic (exact) mass is 183 g/mol. The first-order valence-electron chi connectivity index (χ1n) is 6.08. The van der Waals surface area contributed by atoms with Gasteiger partial charge in [0.15, 0.2) is 0 Å². The van der Waals surface area contributed by atoms with E-state index in [1.165, 1.54) is 51.5 Å². The Labute approximate surface area is 83.3 Å². The highest BCUT2D eigenvalue weighted by atomic mass is 14.9. The molecule has 1 saturated heterocycles. The minimum atomic E-state index is 0.835. The Morgan fingerprint density at radius 3 is 2.54 bits per heavy atom. The lowest BCUT2D eigenvalue weighted by Gasteiger charge is -2.14. The van der Waals surface area contributed by atoms with E-state index < -0.39 is 0 Å². The highest BCUT2D eigenvalue weighted by Gasteiger charge is 2.21. The van der Waals surface area contributed by atoms with Crippen molar-refractivity contribution in [3.63, 3.8) is 0 Å². The molecule has 0 aliphatic carbocycles. The molecule has 0 radical (unpaired) electrons. The third-order valence-corrected chi connectivity index (χ3v) is 3.31. The molecule has 13 heavy (non-hydrogen) atoms. The van der Waals surface area contributed by atoms with E-state index in [-0.39, 0.29) is 0 Å². The minimum absolute atomic E-state index is 0.835. The molecule has 0 bridgehead atoms. The largest absolute Gasteiger partial charge is 0.314 e. The normalized spacial score (nSPS) is 28.2. The molecule has 1 nitrogen and oxygen atoms in total. The van der Waals surface area contributed by atoms with Crippen molar-refractivity contribution in [3.05, 3.63) is 0 Å². The fourth-order valence-corrected chi connectivity index (χ4v) is 2.25. The van der Waals surface area contributed by atoms with Crippen LogP contribution < -0.4 is 5.32 Å². The molecular weight excluding hydrogens is 158 g/mol. The zero-order valence-corrected chi connectivity index (χ0v) is 9.31. The standard InChI is InChI=1S/C12H25N/c1-3-4-5-6-7-8-12-11(2)9-10-13-12/h11-13H,3-10H2,1-2H3/t11-,12+/m0/s1. The maximum absolute atomic E-state index is 3.60. The van der Waals surface area contributed by atoms with Gasteiger partial charge < -0.3 is 5.32 Å². The van der Waals surface area contributed by atoms with Crippen LogP contribution in [0.2, 0.25) is 0 Å². The third kappa shape index (κ3) is 4.12. The molecule has 1 fully saturated rings. The fraction of sp³-hybridized carbons (Fsp3) is 1.00. The number of hydrogen-bond donors (Lipinski definition) is 1. The van der Waals surface area contributed by atoms with Gasteiger partial charge >= 0.3 is 0 Å². The fourth-order valence-electron chi connectivity index (χ4n) is 2.25. The highest BCUT2D eigenvalue weighted by molar-refractivity contribution is 4.80. The zero-order valence-electron chi connectivity index (χ0n) is 9.31. The number of nitrogens with one attached hydrogen (secondary N) is 1. The van der Waals surface area contributed by atoms with Crippen LogP contribution in [0.5, 0.6) is 0 Å². The van der Waals surface area contributed by atoms with Crippen LogP contribution in [-0.2, 0) is 0 Å². The van der Waals surface area contributed by atoms with Crippen molar-refractivity contribution in [2.75, 3.05) is 6.54 Å². The maximum atomic E-state index is 3.60. The van der Waals surface area contributed by atoms with Crippen molar-refractivity contribution in [2.45, 2.75) is 64.8 Å². The van der Waals surface area contributed by atoms with Gasteiger partial charge in [-0.25, -0.2) is 0 Å². The molecule has 0 aromatic carbocycles. The van der Waals surface area contributed by atoms with Gasteiger partial charge in [0.05, 0.1) is 0 Å². The van der Waals surface area contributed by atoms with Crippen LogP contribution in [0, 0.1) is 5.92 Å². The highest BCUT2D eigenvalue weighted by Crippen LogP contribution is 2.19. The van der Waals surface area contributed by atoms with Gasteiger partial charge in [-0.3, -0.25) is 0 Å². The van der Waals surface area contributed by atoms with Gasteiger partial charge in [-0.15, -0.1) is 0 Å². The van der Waals surface area contributed by atoms with Crippen LogP contribution in [0.4, 0.5) is 0 Å². The predicted molar refractivity (Wildman–Crippen MR) is 58.9 cm³/mol. The minimum Gasteiger partial charge on any atom is -0.314 e. The number of rotatable bonds is 6. The van der Waals surface area contributed by atoms with E-state index in [4.69, 9.17) is 0 Å². The number of unbranched alkanes of at least 4 members (excludes halogenated alkanes) is 4. The second-order valence-electron chi connectivity index (χ2n) is 4.53. The molecule has 1 heterocycles. The first-order valence-corrected chi connectivity index (χ1v) is 6.08. The van der Waals surface area contributed by atoms with Crippen LogP contribution in [0.25, 0.3) is 0 Å². The van der Waals surface area contributed by atoms with Crippen molar-refractivity contribution < 1.29 is 0 Å². The van der Waals surface area contributed by atoms with E-state index in [9.17, 15) is 0 Å². The number of hydrogen-bond acceptors (Lipinski definition) is 1. The third-order valence-electron chi connectivity index (χ3n) is 3.31. The van der Waals surface area contributed by atoms with Crippen molar-refractivity contribution in [1.82, 2.24) is 5.32 Å². The Kier molecular flexibility index (Phi) is 5.45. The van der Waals surface area contributed by atoms with E-state index in [0.717, 1.165) is 12.0 Å². The van der Waals surface area contributed by atoms with E-state index in [2.05, 4.69) is 19.2 Å². The summed E-state index contributed by atoms with van der Waals surface area (Å²) in [6, 6.07) is 0.835. The summed E-state index contributed by atoms with van der Waals surface area (Å²) < 4.78 is 0. The smallest absolute Gasteiger partial charge is 0.00931 e. The van der Waals surface area contributed by atoms with Crippen molar-refractivity contribution in [2.24, 2.45) is 5.92 Å². The summed E-state index contributed by atoms with van der Waals surface area (Å²) in [5.74, 6) is 0.922. The Hall–Kier alpha value is -0.0400. The second kappa shape index (κ2) is 6.42. The van der Waals surface area contributed by atoms with E-state index in [0.29, 0.717) is 0 Å². The van der Waals surface area contributed by atoms with Gasteiger partial charge in [0.25, 0.3) is 0 Å². The quantitative estimate of drug-likeness (QED) is 0.623. The summed E-state index contributed by atoms with van der Waals surface area (Å²) in [4.78, 5) is 0. The first-order chi connectivity index (χ1) is 6.34. The maximum Gasteiger partial charge on any atom is 0.00931 e. The molecule has 0 unspecified atom stereocenters. The summed E-state index contributed by atoms with van der Waals surface area (Å²) in [7, 11) is 0. The SMILES string of the molecule is CCCCCCC[C@H]1NCC[C@@H]1C. The molecule has 0 amide bonds. The second-order valence-corrected chi connectivity index (χ2v) is 4.53. The molecule has 1 N–H and O–H groups in total. The molecule has 0 spiro atoms. The summed E-state index contributed by atoms with van der Waals surface area (Å²) in [5, 5.41) is 3.60. The Morgan fingerprint density at radius 1 is 1.15 bits per heavy atom. The molecule has 0 aromatic rings. The lowest BCUT2D eigenvalue weighted by atomic mass is 9.97. The van der Waals surface area contributed by atoms with Gasteiger partial charge in [0.2, 0.25) is 0 Å². The van der Waals surface area contributed by atoms with E-state index in [1.807, 2.05) is 0 Å². The van der Waals surface area contributed by atoms with Crippen LogP contribution in [0.3, 0.4) is 0 Å². The average Bonchev–Trinajstić information content (AvgIpc) is 2.52. The van der Waals surface area contributed by atoms with Gasteiger partial charge in [-0.1, -0.05) is 46.0 Å². The zero-order chi connectivity index (χ0) is 9.52. The van der Waals surface area contributed by atoms with Gasteiger partial charge in [-0.05, 0) is 25.3 Å². The van der Waals surface area contributed by atoms with Crippen molar-refractivity contribution >= 4 is 0 Å². The lowest BCUT2D eigenvalue weighted by Crippen LogP contribution is -2.25. The molecule has 0 saturated carbocycles. The summed E-state index contributed by atoms with van der Waals surface area (Å²) in [5.41, 5.74) is 0. The molecule has 0 aromatic heterocycles. The van der Waals surface area contributed by atoms with E-state index >= 15 is 0 Å². The van der Waals surface area contributed by atoms with Gasteiger partial charge in [0.1, 0.15) is 0 Å². The summed E-state index contributed by atoms with van der Waals surface area (Å²) >= 11 is 0. The predicted octanol–water partition coefficient (Wildman–Crippen LogP) is 3.34. The molecular formula is C12H25N. The molecule has 2 atom stereocenters. The molecule has 1 aliphatic heterocycles. The molecule has 78 valence electrons. The Morgan fingerprint density at radius 2 is 1.92 bits per heavy atom.